The van der Waals surface area contributed by atoms with Crippen LogP contribution >= 0.6 is 0 Å². The van der Waals surface area contributed by atoms with Gasteiger partial charge in [0.05, 0.1) is 12.0 Å². The summed E-state index contributed by atoms with van der Waals surface area (Å²) >= 11 is 0. The third-order valence-electron chi connectivity index (χ3n) is 3.87. The van der Waals surface area contributed by atoms with Crippen LogP contribution in [0, 0.1) is 5.92 Å². The Morgan fingerprint density at radius 3 is 2.82 bits per heavy atom. The zero-order valence-corrected chi connectivity index (χ0v) is 10.9. The van der Waals surface area contributed by atoms with Crippen molar-refractivity contribution < 1.29 is 9.63 Å². The van der Waals surface area contributed by atoms with Crippen molar-refractivity contribution in [3.05, 3.63) is 11.7 Å². The van der Waals surface area contributed by atoms with Gasteiger partial charge in [0.1, 0.15) is 0 Å². The van der Waals surface area contributed by atoms with Crippen molar-refractivity contribution in [1.82, 2.24) is 10.1 Å². The van der Waals surface area contributed by atoms with Gasteiger partial charge in [0.2, 0.25) is 5.89 Å². The largest absolute Gasteiger partial charge is 0.389 e. The summed E-state index contributed by atoms with van der Waals surface area (Å²) in [6.07, 6.45) is 4.72. The standard InChI is InChI=1S/C13H22N2O2/c1-9(2)12-14-11(17-15-12)8-13(16)7-5-4-6-10(13)3/h9-10,16H,4-8H2,1-3H3/t10-,13+/m1/s1. The topological polar surface area (TPSA) is 59.2 Å². The summed E-state index contributed by atoms with van der Waals surface area (Å²) in [6.45, 7) is 6.18. The molecule has 0 bridgehead atoms. The zero-order valence-electron chi connectivity index (χ0n) is 10.9. The average molecular weight is 238 g/mol. The molecule has 96 valence electrons. The molecule has 1 fully saturated rings. The molecule has 1 heterocycles. The van der Waals surface area contributed by atoms with Crippen LogP contribution in [0.4, 0.5) is 0 Å². The van der Waals surface area contributed by atoms with Gasteiger partial charge in [-0.05, 0) is 18.8 Å². The molecule has 4 nitrogen and oxygen atoms in total. The first-order valence-corrected chi connectivity index (χ1v) is 6.56. The van der Waals surface area contributed by atoms with Crippen LogP contribution in [0.15, 0.2) is 4.52 Å². The van der Waals surface area contributed by atoms with Gasteiger partial charge in [0.25, 0.3) is 0 Å². The Bertz CT molecular complexity index is 375. The van der Waals surface area contributed by atoms with Crippen molar-refractivity contribution in [2.24, 2.45) is 5.92 Å². The smallest absolute Gasteiger partial charge is 0.229 e. The lowest BCUT2D eigenvalue weighted by molar-refractivity contribution is -0.0456. The number of aliphatic hydroxyl groups is 1. The number of aromatic nitrogens is 2. The van der Waals surface area contributed by atoms with Gasteiger partial charge in [0, 0.05) is 5.92 Å². The number of rotatable bonds is 3. The van der Waals surface area contributed by atoms with E-state index in [0.29, 0.717) is 18.2 Å². The molecule has 1 aliphatic rings. The predicted octanol–water partition coefficient (Wildman–Crippen LogP) is 2.68. The second kappa shape index (κ2) is 4.77. The molecule has 0 unspecified atom stereocenters. The van der Waals surface area contributed by atoms with E-state index in [4.69, 9.17) is 4.52 Å². The van der Waals surface area contributed by atoms with E-state index in [-0.39, 0.29) is 5.92 Å². The van der Waals surface area contributed by atoms with Gasteiger partial charge in [-0.3, -0.25) is 0 Å². The van der Waals surface area contributed by atoms with E-state index in [9.17, 15) is 5.11 Å². The minimum absolute atomic E-state index is 0.269. The first-order chi connectivity index (χ1) is 8.01. The molecule has 4 heteroatoms. The number of nitrogens with zero attached hydrogens (tertiary/aromatic N) is 2. The molecule has 1 aliphatic carbocycles. The third-order valence-corrected chi connectivity index (χ3v) is 3.87. The lowest BCUT2D eigenvalue weighted by atomic mass is 9.74. The molecule has 1 saturated carbocycles. The highest BCUT2D eigenvalue weighted by Gasteiger charge is 2.37. The van der Waals surface area contributed by atoms with Gasteiger partial charge in [-0.2, -0.15) is 4.98 Å². The normalized spacial score (nSPS) is 29.8. The minimum Gasteiger partial charge on any atom is -0.389 e. The van der Waals surface area contributed by atoms with Gasteiger partial charge >= 0.3 is 0 Å². The van der Waals surface area contributed by atoms with Crippen molar-refractivity contribution in [3.8, 4) is 0 Å². The van der Waals surface area contributed by atoms with E-state index >= 15 is 0 Å². The molecule has 0 aliphatic heterocycles. The minimum atomic E-state index is -0.654. The zero-order chi connectivity index (χ0) is 12.5. The lowest BCUT2D eigenvalue weighted by Crippen LogP contribution is -2.41. The fourth-order valence-corrected chi connectivity index (χ4v) is 2.50. The van der Waals surface area contributed by atoms with Crippen molar-refractivity contribution in [3.63, 3.8) is 0 Å². The predicted molar refractivity (Wildman–Crippen MR) is 64.7 cm³/mol. The third kappa shape index (κ3) is 2.68. The van der Waals surface area contributed by atoms with Crippen LogP contribution in [0.25, 0.3) is 0 Å². The first kappa shape index (κ1) is 12.6. The van der Waals surface area contributed by atoms with Crippen molar-refractivity contribution in [1.29, 1.82) is 0 Å². The van der Waals surface area contributed by atoms with Crippen molar-refractivity contribution >= 4 is 0 Å². The van der Waals surface area contributed by atoms with E-state index in [2.05, 4.69) is 17.1 Å². The van der Waals surface area contributed by atoms with E-state index in [0.717, 1.165) is 25.1 Å². The maximum absolute atomic E-state index is 10.6. The Kier molecular flexibility index (Phi) is 3.52. The summed E-state index contributed by atoms with van der Waals surface area (Å²) in [5.74, 6) is 1.88. The van der Waals surface area contributed by atoms with E-state index in [1.165, 1.54) is 6.42 Å². The van der Waals surface area contributed by atoms with E-state index in [1.54, 1.807) is 0 Å². The molecule has 0 aromatic carbocycles. The van der Waals surface area contributed by atoms with Crippen LogP contribution in [0.1, 0.15) is 64.1 Å². The molecule has 1 N–H and O–H groups in total. The van der Waals surface area contributed by atoms with Crippen molar-refractivity contribution in [2.45, 2.75) is 64.4 Å². The first-order valence-electron chi connectivity index (χ1n) is 6.56. The van der Waals surface area contributed by atoms with Gasteiger partial charge in [-0.25, -0.2) is 0 Å². The van der Waals surface area contributed by atoms with Gasteiger partial charge in [-0.15, -0.1) is 0 Å². The SMILES string of the molecule is CC(C)c1noc(C[C@@]2(O)CCCC[C@H]2C)n1. The Hall–Kier alpha value is -0.900. The molecule has 1 aromatic heterocycles. The van der Waals surface area contributed by atoms with Crippen LogP contribution in [-0.2, 0) is 6.42 Å². The van der Waals surface area contributed by atoms with Gasteiger partial charge in [-0.1, -0.05) is 38.8 Å². The Balaban J connectivity index is 2.08. The highest BCUT2D eigenvalue weighted by atomic mass is 16.5. The summed E-state index contributed by atoms with van der Waals surface area (Å²) in [6, 6.07) is 0. The molecular formula is C13H22N2O2. The highest BCUT2D eigenvalue weighted by Crippen LogP contribution is 2.35. The summed E-state index contributed by atoms with van der Waals surface area (Å²) in [5, 5.41) is 14.6. The van der Waals surface area contributed by atoms with Crippen LogP contribution in [0.2, 0.25) is 0 Å². The van der Waals surface area contributed by atoms with Gasteiger partial charge < -0.3 is 9.63 Å². The molecule has 0 spiro atoms. The molecule has 2 rings (SSSR count). The fraction of sp³-hybridized carbons (Fsp3) is 0.846. The summed E-state index contributed by atoms with van der Waals surface area (Å²) in [4.78, 5) is 4.35. The van der Waals surface area contributed by atoms with E-state index < -0.39 is 5.60 Å². The van der Waals surface area contributed by atoms with Crippen LogP contribution < -0.4 is 0 Å². The van der Waals surface area contributed by atoms with E-state index in [1.807, 2.05) is 13.8 Å². The second-order valence-electron chi connectivity index (χ2n) is 5.63. The van der Waals surface area contributed by atoms with Crippen molar-refractivity contribution in [2.75, 3.05) is 0 Å². The molecule has 2 atom stereocenters. The van der Waals surface area contributed by atoms with Crippen LogP contribution in [0.5, 0.6) is 0 Å². The fourth-order valence-electron chi connectivity index (χ4n) is 2.50. The summed E-state index contributed by atoms with van der Waals surface area (Å²) in [7, 11) is 0. The quantitative estimate of drug-likeness (QED) is 0.879. The highest BCUT2D eigenvalue weighted by molar-refractivity contribution is 4.99. The number of hydrogen-bond acceptors (Lipinski definition) is 4. The monoisotopic (exact) mass is 238 g/mol. The second-order valence-corrected chi connectivity index (χ2v) is 5.63. The lowest BCUT2D eigenvalue weighted by Gasteiger charge is -2.37. The average Bonchev–Trinajstić information content (AvgIpc) is 2.71. The molecule has 0 saturated heterocycles. The molecule has 1 aromatic rings. The van der Waals surface area contributed by atoms with Gasteiger partial charge in [0.15, 0.2) is 5.82 Å². The Morgan fingerprint density at radius 1 is 1.47 bits per heavy atom. The Morgan fingerprint density at radius 2 is 2.24 bits per heavy atom. The molecular weight excluding hydrogens is 216 g/mol. The maximum atomic E-state index is 10.6. The molecule has 0 radical (unpaired) electrons. The van der Waals surface area contributed by atoms with Crippen LogP contribution in [0.3, 0.4) is 0 Å². The summed E-state index contributed by atoms with van der Waals surface area (Å²) < 4.78 is 5.22. The molecule has 17 heavy (non-hydrogen) atoms. The summed E-state index contributed by atoms with van der Waals surface area (Å²) in [5.41, 5.74) is -0.654. The molecule has 0 amide bonds. The Labute approximate surface area is 102 Å². The van der Waals surface area contributed by atoms with Crippen LogP contribution in [-0.4, -0.2) is 20.8 Å². The maximum Gasteiger partial charge on any atom is 0.229 e. The number of hydrogen-bond donors (Lipinski definition) is 1.